The first-order valence-electron chi connectivity index (χ1n) is 5.75. The van der Waals surface area contributed by atoms with E-state index in [0.717, 1.165) is 4.47 Å². The molecule has 0 saturated carbocycles. The Kier molecular flexibility index (Phi) is 5.40. The molecule has 0 aliphatic heterocycles. The van der Waals surface area contributed by atoms with Gasteiger partial charge in [-0.15, -0.1) is 0 Å². The fourth-order valence-electron chi connectivity index (χ4n) is 1.63. The van der Waals surface area contributed by atoms with Crippen molar-refractivity contribution in [2.75, 3.05) is 20.2 Å². The minimum absolute atomic E-state index is 0.0294. The van der Waals surface area contributed by atoms with Crippen molar-refractivity contribution in [3.63, 3.8) is 0 Å². The number of halogens is 1. The van der Waals surface area contributed by atoms with E-state index in [2.05, 4.69) is 20.7 Å². The van der Waals surface area contributed by atoms with Gasteiger partial charge in [0.25, 0.3) is 5.91 Å². The summed E-state index contributed by atoms with van der Waals surface area (Å²) in [5.74, 6) is -0.589. The number of hydrogen-bond acceptors (Lipinski definition) is 3. The summed E-state index contributed by atoms with van der Waals surface area (Å²) >= 11 is 3.34. The number of carbonyl (C=O) groups is 2. The molecule has 0 unspecified atom stereocenters. The van der Waals surface area contributed by atoms with Crippen LogP contribution in [0.5, 0.6) is 0 Å². The number of likely N-dealkylation sites (N-methyl/N-ethyl adjacent to an activating group) is 1. The van der Waals surface area contributed by atoms with Crippen molar-refractivity contribution in [2.45, 2.75) is 20.4 Å². The van der Waals surface area contributed by atoms with Gasteiger partial charge >= 0.3 is 5.97 Å². The summed E-state index contributed by atoms with van der Waals surface area (Å²) in [5.41, 5.74) is 0.565. The van der Waals surface area contributed by atoms with Crippen LogP contribution in [0.25, 0.3) is 0 Å². The first-order valence-corrected chi connectivity index (χ1v) is 6.54. The first kappa shape index (κ1) is 14.8. The molecule has 0 fully saturated rings. The van der Waals surface area contributed by atoms with Gasteiger partial charge in [0.15, 0.2) is 0 Å². The quantitative estimate of drug-likeness (QED) is 0.780. The van der Waals surface area contributed by atoms with E-state index in [1.54, 1.807) is 6.07 Å². The Morgan fingerprint density at radius 3 is 2.61 bits per heavy atom. The summed E-state index contributed by atoms with van der Waals surface area (Å²) in [6.07, 6.45) is 1.85. The zero-order valence-corrected chi connectivity index (χ0v) is 12.4. The van der Waals surface area contributed by atoms with Crippen LogP contribution in [0.4, 0.5) is 0 Å². The average Bonchev–Trinajstić information content (AvgIpc) is 2.75. The molecule has 1 rings (SSSR count). The predicted molar refractivity (Wildman–Crippen MR) is 71.4 cm³/mol. The zero-order chi connectivity index (χ0) is 13.7. The fraction of sp³-hybridized carbons (Fsp3) is 0.500. The number of ether oxygens (including phenoxy) is 1. The van der Waals surface area contributed by atoms with E-state index >= 15 is 0 Å². The third kappa shape index (κ3) is 3.35. The van der Waals surface area contributed by atoms with E-state index in [-0.39, 0.29) is 12.5 Å². The van der Waals surface area contributed by atoms with E-state index in [0.29, 0.717) is 18.8 Å². The van der Waals surface area contributed by atoms with Crippen molar-refractivity contribution in [3.8, 4) is 0 Å². The Morgan fingerprint density at radius 2 is 2.11 bits per heavy atom. The van der Waals surface area contributed by atoms with Gasteiger partial charge in [-0.05, 0) is 35.8 Å². The number of esters is 1. The van der Waals surface area contributed by atoms with Gasteiger partial charge in [-0.1, -0.05) is 0 Å². The maximum Gasteiger partial charge on any atom is 0.325 e. The number of carbonyl (C=O) groups excluding carboxylic acids is 2. The lowest BCUT2D eigenvalue weighted by Gasteiger charge is -2.20. The number of methoxy groups -OCH3 is 1. The van der Waals surface area contributed by atoms with Crippen LogP contribution in [0.1, 0.15) is 24.3 Å². The van der Waals surface area contributed by atoms with E-state index in [1.807, 2.05) is 24.6 Å². The number of amides is 1. The fourth-order valence-corrected chi connectivity index (χ4v) is 2.09. The first-order chi connectivity index (χ1) is 8.53. The number of nitrogens with zero attached hydrogens (tertiary/aromatic N) is 2. The van der Waals surface area contributed by atoms with E-state index in [4.69, 9.17) is 0 Å². The number of aromatic nitrogens is 1. The maximum absolute atomic E-state index is 12.3. The summed E-state index contributed by atoms with van der Waals surface area (Å²) in [6, 6.07) is 1.76. The number of aryl methyl sites for hydroxylation is 1. The lowest BCUT2D eigenvalue weighted by atomic mass is 10.3. The lowest BCUT2D eigenvalue weighted by molar-refractivity contribution is -0.141. The van der Waals surface area contributed by atoms with Crippen molar-refractivity contribution in [1.82, 2.24) is 9.47 Å². The van der Waals surface area contributed by atoms with Crippen LogP contribution in [0.2, 0.25) is 0 Å². The second-order valence-electron chi connectivity index (χ2n) is 3.73. The van der Waals surface area contributed by atoms with Gasteiger partial charge in [0.05, 0.1) is 7.11 Å². The van der Waals surface area contributed by atoms with Crippen LogP contribution in [0.3, 0.4) is 0 Å². The summed E-state index contributed by atoms with van der Waals surface area (Å²) in [6.45, 7) is 4.91. The molecule has 18 heavy (non-hydrogen) atoms. The van der Waals surface area contributed by atoms with Gasteiger partial charge < -0.3 is 14.2 Å². The van der Waals surface area contributed by atoms with Crippen molar-refractivity contribution in [3.05, 3.63) is 22.4 Å². The molecule has 0 aromatic carbocycles. The van der Waals surface area contributed by atoms with Gasteiger partial charge in [0.1, 0.15) is 12.2 Å². The second-order valence-corrected chi connectivity index (χ2v) is 4.64. The molecule has 1 heterocycles. The van der Waals surface area contributed by atoms with Crippen molar-refractivity contribution in [1.29, 1.82) is 0 Å². The van der Waals surface area contributed by atoms with Crippen molar-refractivity contribution < 1.29 is 14.3 Å². The van der Waals surface area contributed by atoms with Crippen LogP contribution in [-0.2, 0) is 16.1 Å². The third-order valence-corrected chi connectivity index (χ3v) is 3.07. The molecule has 1 amide bonds. The molecular formula is C12H17BrN2O3. The molecular weight excluding hydrogens is 300 g/mol. The highest BCUT2D eigenvalue weighted by molar-refractivity contribution is 9.10. The Hall–Kier alpha value is -1.30. The Morgan fingerprint density at radius 1 is 1.44 bits per heavy atom. The highest BCUT2D eigenvalue weighted by Crippen LogP contribution is 2.16. The van der Waals surface area contributed by atoms with Gasteiger partial charge in [0.2, 0.25) is 0 Å². The van der Waals surface area contributed by atoms with Crippen LogP contribution in [0, 0.1) is 0 Å². The molecule has 0 radical (unpaired) electrons. The minimum atomic E-state index is -0.418. The predicted octanol–water partition coefficient (Wildman–Crippen LogP) is 1.91. The monoisotopic (exact) mass is 316 g/mol. The van der Waals surface area contributed by atoms with Gasteiger partial charge in [0, 0.05) is 23.8 Å². The summed E-state index contributed by atoms with van der Waals surface area (Å²) < 4.78 is 7.27. The number of rotatable bonds is 5. The topological polar surface area (TPSA) is 51.5 Å². The number of hydrogen-bond donors (Lipinski definition) is 0. The summed E-state index contributed by atoms with van der Waals surface area (Å²) in [7, 11) is 1.31. The van der Waals surface area contributed by atoms with E-state index in [9.17, 15) is 9.59 Å². The van der Waals surface area contributed by atoms with Crippen molar-refractivity contribution in [2.24, 2.45) is 0 Å². The van der Waals surface area contributed by atoms with E-state index in [1.165, 1.54) is 12.0 Å². The van der Waals surface area contributed by atoms with Crippen LogP contribution in [0.15, 0.2) is 16.7 Å². The molecule has 1 aromatic heterocycles. The average molecular weight is 317 g/mol. The SMILES string of the molecule is CCN(CC(=O)OC)C(=O)c1cc(Br)cn1CC. The second kappa shape index (κ2) is 6.58. The summed E-state index contributed by atoms with van der Waals surface area (Å²) in [5, 5.41) is 0. The third-order valence-electron chi connectivity index (χ3n) is 2.64. The smallest absolute Gasteiger partial charge is 0.325 e. The lowest BCUT2D eigenvalue weighted by Crippen LogP contribution is -2.37. The largest absolute Gasteiger partial charge is 0.468 e. The van der Waals surface area contributed by atoms with Crippen LogP contribution >= 0.6 is 15.9 Å². The summed E-state index contributed by atoms with van der Waals surface area (Å²) in [4.78, 5) is 25.0. The molecule has 100 valence electrons. The molecule has 1 aromatic rings. The normalized spacial score (nSPS) is 10.2. The van der Waals surface area contributed by atoms with Crippen LogP contribution in [-0.4, -0.2) is 41.5 Å². The van der Waals surface area contributed by atoms with Gasteiger partial charge in [-0.2, -0.15) is 0 Å². The molecule has 0 bridgehead atoms. The molecule has 0 atom stereocenters. The standard InChI is InChI=1S/C12H17BrN2O3/c1-4-14-7-9(13)6-10(14)12(17)15(5-2)8-11(16)18-3/h6-7H,4-5,8H2,1-3H3. The van der Waals surface area contributed by atoms with Gasteiger partial charge in [-0.3, -0.25) is 9.59 Å². The zero-order valence-electron chi connectivity index (χ0n) is 10.8. The minimum Gasteiger partial charge on any atom is -0.468 e. The van der Waals surface area contributed by atoms with Gasteiger partial charge in [-0.25, -0.2) is 0 Å². The van der Waals surface area contributed by atoms with Crippen LogP contribution < -0.4 is 0 Å². The highest BCUT2D eigenvalue weighted by Gasteiger charge is 2.20. The molecule has 0 spiro atoms. The Bertz CT molecular complexity index is 443. The molecule has 0 saturated heterocycles. The Labute approximate surface area is 115 Å². The molecule has 6 heteroatoms. The van der Waals surface area contributed by atoms with Crippen molar-refractivity contribution >= 4 is 27.8 Å². The molecule has 0 N–H and O–H groups in total. The molecule has 5 nitrogen and oxygen atoms in total. The highest BCUT2D eigenvalue weighted by atomic mass is 79.9. The maximum atomic E-state index is 12.3. The molecule has 0 aliphatic rings. The Balaban J connectivity index is 2.92. The molecule has 0 aliphatic carbocycles. The van der Waals surface area contributed by atoms with E-state index < -0.39 is 5.97 Å².